The Bertz CT molecular complexity index is 477. The number of hydrogen-bond donors (Lipinski definition) is 1. The van der Waals surface area contributed by atoms with Crippen LogP contribution in [0.2, 0.25) is 0 Å². The molecule has 0 unspecified atom stereocenters. The number of aryl methyl sites for hydroxylation is 1. The van der Waals surface area contributed by atoms with E-state index in [0.29, 0.717) is 0 Å². The Morgan fingerprint density at radius 3 is 2.75 bits per heavy atom. The van der Waals surface area contributed by atoms with E-state index in [1.165, 1.54) is 10.5 Å². The van der Waals surface area contributed by atoms with Crippen LogP contribution in [0.1, 0.15) is 18.5 Å². The topological polar surface area (TPSA) is 43.8 Å². The smallest absolute Gasteiger partial charge is 0.0629 e. The van der Waals surface area contributed by atoms with Crippen molar-refractivity contribution in [3.8, 4) is 0 Å². The molecular formula is C12H15N3S. The predicted octanol–water partition coefficient (Wildman–Crippen LogP) is 2.59. The molecule has 0 fully saturated rings. The molecule has 0 aliphatic carbocycles. The highest BCUT2D eigenvalue weighted by Crippen LogP contribution is 2.32. The molecule has 1 atom stereocenters. The van der Waals surface area contributed by atoms with Crippen LogP contribution in [0.4, 0.5) is 0 Å². The van der Waals surface area contributed by atoms with Gasteiger partial charge in [-0.15, -0.1) is 0 Å². The van der Waals surface area contributed by atoms with Gasteiger partial charge in [-0.25, -0.2) is 0 Å². The number of benzene rings is 1. The summed E-state index contributed by atoms with van der Waals surface area (Å²) in [5, 5.41) is 4.15. The molecule has 3 nitrogen and oxygen atoms in total. The van der Waals surface area contributed by atoms with E-state index in [-0.39, 0.29) is 6.04 Å². The molecule has 1 aromatic heterocycles. The Morgan fingerprint density at radius 1 is 1.38 bits per heavy atom. The third kappa shape index (κ3) is 2.46. The van der Waals surface area contributed by atoms with Crippen molar-refractivity contribution in [2.75, 3.05) is 0 Å². The molecule has 0 aliphatic heterocycles. The summed E-state index contributed by atoms with van der Waals surface area (Å²) >= 11 is 1.70. The van der Waals surface area contributed by atoms with Gasteiger partial charge in [0.1, 0.15) is 0 Å². The summed E-state index contributed by atoms with van der Waals surface area (Å²) in [4.78, 5) is 2.33. The van der Waals surface area contributed by atoms with E-state index >= 15 is 0 Å². The minimum absolute atomic E-state index is 0.0559. The summed E-state index contributed by atoms with van der Waals surface area (Å²) in [6.07, 6.45) is 3.87. The molecular weight excluding hydrogens is 218 g/mol. The molecule has 4 heteroatoms. The molecule has 0 spiro atoms. The molecule has 0 bridgehead atoms. The normalized spacial score (nSPS) is 12.7. The molecule has 0 saturated carbocycles. The molecule has 0 amide bonds. The lowest BCUT2D eigenvalue weighted by atomic mass is 10.1. The Kier molecular flexibility index (Phi) is 3.31. The fraction of sp³-hybridized carbons (Fsp3) is 0.250. The van der Waals surface area contributed by atoms with Gasteiger partial charge in [0.2, 0.25) is 0 Å². The second-order valence-corrected chi connectivity index (χ2v) is 4.89. The summed E-state index contributed by atoms with van der Waals surface area (Å²) in [6.45, 7) is 2.00. The highest BCUT2D eigenvalue weighted by molar-refractivity contribution is 7.99. The van der Waals surface area contributed by atoms with E-state index < -0.39 is 0 Å². The highest BCUT2D eigenvalue weighted by atomic mass is 32.2. The third-order valence-corrected chi connectivity index (χ3v) is 3.36. The quantitative estimate of drug-likeness (QED) is 0.886. The van der Waals surface area contributed by atoms with Crippen molar-refractivity contribution in [3.63, 3.8) is 0 Å². The van der Waals surface area contributed by atoms with Gasteiger partial charge in [0.25, 0.3) is 0 Å². The van der Waals surface area contributed by atoms with Gasteiger partial charge in [-0.05, 0) is 18.6 Å². The molecule has 0 radical (unpaired) electrons. The molecule has 0 aliphatic rings. The van der Waals surface area contributed by atoms with E-state index in [0.717, 1.165) is 4.90 Å². The zero-order chi connectivity index (χ0) is 11.5. The molecule has 2 rings (SSSR count). The Balaban J connectivity index is 2.27. The first kappa shape index (κ1) is 11.2. The van der Waals surface area contributed by atoms with Crippen molar-refractivity contribution < 1.29 is 0 Å². The van der Waals surface area contributed by atoms with Crippen LogP contribution in [0, 0.1) is 0 Å². The van der Waals surface area contributed by atoms with Crippen LogP contribution >= 0.6 is 11.8 Å². The van der Waals surface area contributed by atoms with Crippen LogP contribution in [0.25, 0.3) is 0 Å². The largest absolute Gasteiger partial charge is 0.324 e. The van der Waals surface area contributed by atoms with Crippen molar-refractivity contribution in [1.29, 1.82) is 0 Å². The first-order valence-corrected chi connectivity index (χ1v) is 5.99. The minimum atomic E-state index is 0.0559. The van der Waals surface area contributed by atoms with E-state index in [4.69, 9.17) is 5.73 Å². The lowest BCUT2D eigenvalue weighted by molar-refractivity contribution is 0.766. The lowest BCUT2D eigenvalue weighted by Crippen LogP contribution is -2.05. The number of hydrogen-bond acceptors (Lipinski definition) is 3. The van der Waals surface area contributed by atoms with Gasteiger partial charge in [-0.3, -0.25) is 4.68 Å². The van der Waals surface area contributed by atoms with E-state index in [9.17, 15) is 0 Å². The van der Waals surface area contributed by atoms with Crippen LogP contribution in [-0.2, 0) is 7.05 Å². The van der Waals surface area contributed by atoms with E-state index in [2.05, 4.69) is 17.2 Å². The van der Waals surface area contributed by atoms with Crippen molar-refractivity contribution in [2.45, 2.75) is 22.8 Å². The average molecular weight is 233 g/mol. The fourth-order valence-corrected chi connectivity index (χ4v) is 2.61. The number of aromatic nitrogens is 2. The zero-order valence-electron chi connectivity index (χ0n) is 9.42. The lowest BCUT2D eigenvalue weighted by Gasteiger charge is -2.10. The molecule has 2 N–H and O–H groups in total. The minimum Gasteiger partial charge on any atom is -0.324 e. The first-order chi connectivity index (χ1) is 7.66. The van der Waals surface area contributed by atoms with Gasteiger partial charge in [0, 0.05) is 24.2 Å². The zero-order valence-corrected chi connectivity index (χ0v) is 10.2. The Hall–Kier alpha value is -1.26. The first-order valence-electron chi connectivity index (χ1n) is 5.18. The van der Waals surface area contributed by atoms with Crippen molar-refractivity contribution in [3.05, 3.63) is 42.2 Å². The number of nitrogens with zero attached hydrogens (tertiary/aromatic N) is 2. The molecule has 2 aromatic rings. The van der Waals surface area contributed by atoms with Crippen molar-refractivity contribution >= 4 is 11.8 Å². The van der Waals surface area contributed by atoms with Crippen LogP contribution in [-0.4, -0.2) is 9.78 Å². The maximum absolute atomic E-state index is 5.94. The van der Waals surface area contributed by atoms with Crippen LogP contribution in [0.3, 0.4) is 0 Å². The van der Waals surface area contributed by atoms with Gasteiger partial charge in [-0.2, -0.15) is 5.10 Å². The Morgan fingerprint density at radius 2 is 2.12 bits per heavy atom. The van der Waals surface area contributed by atoms with Gasteiger partial charge < -0.3 is 5.73 Å². The van der Waals surface area contributed by atoms with Crippen LogP contribution in [0.15, 0.2) is 46.5 Å². The van der Waals surface area contributed by atoms with E-state index in [1.54, 1.807) is 16.4 Å². The summed E-state index contributed by atoms with van der Waals surface area (Å²) in [7, 11) is 1.92. The Labute approximate surface area is 99.7 Å². The fourth-order valence-electron chi connectivity index (χ4n) is 1.53. The van der Waals surface area contributed by atoms with Gasteiger partial charge in [-0.1, -0.05) is 30.0 Å². The maximum Gasteiger partial charge on any atom is 0.0629 e. The molecule has 0 saturated heterocycles. The summed E-state index contributed by atoms with van der Waals surface area (Å²) < 4.78 is 1.80. The van der Waals surface area contributed by atoms with Crippen molar-refractivity contribution in [1.82, 2.24) is 9.78 Å². The van der Waals surface area contributed by atoms with Gasteiger partial charge in [0.05, 0.1) is 11.1 Å². The second kappa shape index (κ2) is 4.72. The average Bonchev–Trinajstić information content (AvgIpc) is 2.64. The second-order valence-electron chi connectivity index (χ2n) is 3.78. The molecule has 16 heavy (non-hydrogen) atoms. The number of rotatable bonds is 3. The maximum atomic E-state index is 5.94. The summed E-state index contributed by atoms with van der Waals surface area (Å²) in [5.74, 6) is 0. The summed E-state index contributed by atoms with van der Waals surface area (Å²) in [6, 6.07) is 8.27. The SMILES string of the molecule is C[C@@H](N)c1ccccc1Sc1cnn(C)c1. The molecule has 1 heterocycles. The molecule has 1 aromatic carbocycles. The van der Waals surface area contributed by atoms with E-state index in [1.807, 2.05) is 38.5 Å². The number of nitrogens with two attached hydrogens (primary N) is 1. The van der Waals surface area contributed by atoms with Crippen molar-refractivity contribution in [2.24, 2.45) is 12.8 Å². The molecule has 84 valence electrons. The summed E-state index contributed by atoms with van der Waals surface area (Å²) in [5.41, 5.74) is 7.12. The van der Waals surface area contributed by atoms with Gasteiger partial charge >= 0.3 is 0 Å². The third-order valence-electron chi connectivity index (χ3n) is 2.32. The van der Waals surface area contributed by atoms with Gasteiger partial charge in [0.15, 0.2) is 0 Å². The van der Waals surface area contributed by atoms with Crippen LogP contribution < -0.4 is 5.73 Å². The monoisotopic (exact) mass is 233 g/mol. The van der Waals surface area contributed by atoms with Crippen LogP contribution in [0.5, 0.6) is 0 Å². The predicted molar refractivity (Wildman–Crippen MR) is 66.4 cm³/mol. The standard InChI is InChI=1S/C12H15N3S/c1-9(13)11-5-3-4-6-12(11)16-10-7-14-15(2)8-10/h3-9H,13H2,1-2H3/t9-/m1/s1. The highest BCUT2D eigenvalue weighted by Gasteiger charge is 2.08.